The third-order valence-corrected chi connectivity index (χ3v) is 6.98. The molecule has 0 radical (unpaired) electrons. The maximum atomic E-state index is 6.50. The molecule has 0 bridgehead atoms. The second kappa shape index (κ2) is 8.55. The van der Waals surface area contributed by atoms with Gasteiger partial charge in [0.05, 0.1) is 35.5 Å². The number of benzene rings is 3. The first-order valence-electron chi connectivity index (χ1n) is 12.4. The predicted octanol–water partition coefficient (Wildman–Crippen LogP) is 5.89. The molecule has 8 heteroatoms. The van der Waals surface area contributed by atoms with Crippen LogP contribution in [-0.2, 0) is 0 Å². The maximum Gasteiger partial charge on any atom is 0.230 e. The van der Waals surface area contributed by atoms with Gasteiger partial charge in [0.2, 0.25) is 11.8 Å². The van der Waals surface area contributed by atoms with E-state index >= 15 is 0 Å². The average Bonchev–Trinajstić information content (AvgIpc) is 3.54. The fraction of sp³-hybridized carbons (Fsp3) is 0.133. The molecule has 0 unspecified atom stereocenters. The van der Waals surface area contributed by atoms with Crippen molar-refractivity contribution in [1.29, 1.82) is 0 Å². The standard InChI is InChI=1S/C30H24N6O2/c1-18-9-11-21(12-10-18)27-32-28-26-25(20-13-15-23(37-3)16-14-20)24-19(2)33-36(22-7-5-4-6-8-22)30(24)38-29(26)31-17-35(28)34-27/h4-17,25H,1-3H3/t25-/m0/s1. The zero-order valence-corrected chi connectivity index (χ0v) is 21.2. The Kier molecular flexibility index (Phi) is 5.00. The fourth-order valence-electron chi connectivity index (χ4n) is 5.08. The van der Waals surface area contributed by atoms with Gasteiger partial charge in [0.25, 0.3) is 0 Å². The Morgan fingerprint density at radius 1 is 0.842 bits per heavy atom. The monoisotopic (exact) mass is 500 g/mol. The van der Waals surface area contributed by atoms with Crippen LogP contribution in [0.2, 0.25) is 0 Å². The molecule has 8 nitrogen and oxygen atoms in total. The third kappa shape index (κ3) is 3.45. The number of fused-ring (bicyclic) bond motifs is 4. The molecule has 186 valence electrons. The van der Waals surface area contributed by atoms with Crippen LogP contribution in [0.15, 0.2) is 85.2 Å². The minimum atomic E-state index is -0.219. The van der Waals surface area contributed by atoms with Gasteiger partial charge < -0.3 is 9.47 Å². The van der Waals surface area contributed by atoms with Crippen LogP contribution >= 0.6 is 0 Å². The van der Waals surface area contributed by atoms with Gasteiger partial charge in [-0.25, -0.2) is 19.2 Å². The molecule has 0 saturated carbocycles. The number of rotatable bonds is 4. The molecule has 1 aliphatic heterocycles. The van der Waals surface area contributed by atoms with Crippen molar-refractivity contribution in [3.63, 3.8) is 0 Å². The van der Waals surface area contributed by atoms with Crippen molar-refractivity contribution in [2.45, 2.75) is 19.8 Å². The molecule has 0 saturated heterocycles. The van der Waals surface area contributed by atoms with Crippen molar-refractivity contribution in [2.24, 2.45) is 0 Å². The number of hydrogen-bond acceptors (Lipinski definition) is 6. The van der Waals surface area contributed by atoms with Crippen LogP contribution in [0.5, 0.6) is 17.5 Å². The molecule has 0 spiro atoms. The summed E-state index contributed by atoms with van der Waals surface area (Å²) >= 11 is 0. The van der Waals surface area contributed by atoms with Crippen molar-refractivity contribution in [3.05, 3.63) is 113 Å². The lowest BCUT2D eigenvalue weighted by Crippen LogP contribution is -2.16. The molecule has 0 aliphatic carbocycles. The quantitative estimate of drug-likeness (QED) is 0.300. The molecular weight excluding hydrogens is 476 g/mol. The van der Waals surface area contributed by atoms with Gasteiger partial charge in [-0.3, -0.25) is 0 Å². The van der Waals surface area contributed by atoms with Crippen LogP contribution in [0.4, 0.5) is 0 Å². The highest BCUT2D eigenvalue weighted by Gasteiger charge is 2.38. The van der Waals surface area contributed by atoms with E-state index in [9.17, 15) is 0 Å². The van der Waals surface area contributed by atoms with Gasteiger partial charge in [0.15, 0.2) is 11.5 Å². The molecule has 1 atom stereocenters. The number of para-hydroxylation sites is 1. The van der Waals surface area contributed by atoms with Crippen LogP contribution < -0.4 is 9.47 Å². The Morgan fingerprint density at radius 3 is 2.34 bits per heavy atom. The third-order valence-electron chi connectivity index (χ3n) is 6.98. The first-order valence-corrected chi connectivity index (χ1v) is 12.4. The van der Waals surface area contributed by atoms with Gasteiger partial charge in [0.1, 0.15) is 12.1 Å². The number of nitrogens with zero attached hydrogens (tertiary/aromatic N) is 6. The molecule has 6 aromatic rings. The van der Waals surface area contributed by atoms with E-state index in [4.69, 9.17) is 29.6 Å². The van der Waals surface area contributed by atoms with Crippen molar-refractivity contribution >= 4 is 5.65 Å². The summed E-state index contributed by atoms with van der Waals surface area (Å²) in [6.45, 7) is 4.08. The average molecular weight is 501 g/mol. The summed E-state index contributed by atoms with van der Waals surface area (Å²) in [5, 5.41) is 9.65. The van der Waals surface area contributed by atoms with E-state index in [0.717, 1.165) is 39.4 Å². The van der Waals surface area contributed by atoms with Gasteiger partial charge in [-0.1, -0.05) is 60.2 Å². The number of aromatic nitrogens is 6. The summed E-state index contributed by atoms with van der Waals surface area (Å²) in [4.78, 5) is 9.68. The van der Waals surface area contributed by atoms with Gasteiger partial charge in [-0.05, 0) is 43.7 Å². The topological polar surface area (TPSA) is 79.4 Å². The molecule has 7 rings (SSSR count). The molecule has 0 N–H and O–H groups in total. The smallest absolute Gasteiger partial charge is 0.230 e. The molecule has 4 heterocycles. The molecule has 3 aromatic carbocycles. The van der Waals surface area contributed by atoms with Gasteiger partial charge >= 0.3 is 0 Å². The zero-order chi connectivity index (χ0) is 25.8. The number of methoxy groups -OCH3 is 1. The molecule has 0 fully saturated rings. The van der Waals surface area contributed by atoms with E-state index in [1.54, 1.807) is 18.0 Å². The summed E-state index contributed by atoms with van der Waals surface area (Å²) in [7, 11) is 1.67. The number of aryl methyl sites for hydroxylation is 2. The first-order chi connectivity index (χ1) is 18.6. The number of hydrogen-bond donors (Lipinski definition) is 0. The molecular formula is C30H24N6O2. The Labute approximate surface area is 219 Å². The van der Waals surface area contributed by atoms with E-state index in [0.29, 0.717) is 23.2 Å². The predicted molar refractivity (Wildman–Crippen MR) is 143 cm³/mol. The molecule has 3 aromatic heterocycles. The van der Waals surface area contributed by atoms with Crippen molar-refractivity contribution in [3.8, 4) is 34.6 Å². The van der Waals surface area contributed by atoms with E-state index in [1.165, 1.54) is 5.56 Å². The van der Waals surface area contributed by atoms with Crippen molar-refractivity contribution in [2.75, 3.05) is 7.11 Å². The van der Waals surface area contributed by atoms with E-state index in [2.05, 4.69) is 31.2 Å². The van der Waals surface area contributed by atoms with Crippen LogP contribution in [0.1, 0.15) is 33.9 Å². The SMILES string of the molecule is COc1ccc([C@H]2c3c(C)nn(-c4ccccc4)c3Oc3ncn4nc(-c5ccc(C)cc5)nc4c32)cc1. The minimum Gasteiger partial charge on any atom is -0.497 e. The summed E-state index contributed by atoms with van der Waals surface area (Å²) in [6.07, 6.45) is 1.66. The largest absolute Gasteiger partial charge is 0.497 e. The number of ether oxygens (including phenoxy) is 2. The highest BCUT2D eigenvalue weighted by molar-refractivity contribution is 5.69. The Morgan fingerprint density at radius 2 is 1.61 bits per heavy atom. The van der Waals surface area contributed by atoms with Crippen LogP contribution in [0, 0.1) is 13.8 Å². The zero-order valence-electron chi connectivity index (χ0n) is 21.2. The lowest BCUT2D eigenvalue weighted by Gasteiger charge is -2.26. The second-order valence-electron chi connectivity index (χ2n) is 9.39. The van der Waals surface area contributed by atoms with E-state index in [1.807, 2.05) is 66.2 Å². The first kappa shape index (κ1) is 22.2. The summed E-state index contributed by atoms with van der Waals surface area (Å²) < 4.78 is 15.5. The highest BCUT2D eigenvalue weighted by atomic mass is 16.5. The molecule has 38 heavy (non-hydrogen) atoms. The normalized spacial score (nSPS) is 14.1. The van der Waals surface area contributed by atoms with Crippen LogP contribution in [-0.4, -0.2) is 36.5 Å². The van der Waals surface area contributed by atoms with Gasteiger partial charge in [-0.15, -0.1) is 5.10 Å². The fourth-order valence-corrected chi connectivity index (χ4v) is 5.08. The van der Waals surface area contributed by atoms with Gasteiger partial charge in [-0.2, -0.15) is 5.10 Å². The van der Waals surface area contributed by atoms with Crippen molar-refractivity contribution in [1.82, 2.24) is 29.4 Å². The molecule has 1 aliphatic rings. The molecule has 0 amide bonds. The van der Waals surface area contributed by atoms with E-state index in [-0.39, 0.29) is 5.92 Å². The second-order valence-corrected chi connectivity index (χ2v) is 9.39. The lowest BCUT2D eigenvalue weighted by molar-refractivity contribution is 0.402. The van der Waals surface area contributed by atoms with E-state index < -0.39 is 0 Å². The Bertz CT molecular complexity index is 1790. The van der Waals surface area contributed by atoms with Gasteiger partial charge in [0, 0.05) is 5.56 Å². The summed E-state index contributed by atoms with van der Waals surface area (Å²) in [5.74, 6) is 2.35. The maximum absolute atomic E-state index is 6.50. The van der Waals surface area contributed by atoms with Crippen LogP contribution in [0.3, 0.4) is 0 Å². The van der Waals surface area contributed by atoms with Crippen LogP contribution in [0.25, 0.3) is 22.7 Å². The summed E-state index contributed by atoms with van der Waals surface area (Å²) in [6, 6.07) is 26.3. The highest BCUT2D eigenvalue weighted by Crippen LogP contribution is 2.49. The van der Waals surface area contributed by atoms with Crippen molar-refractivity contribution < 1.29 is 9.47 Å². The Hall–Kier alpha value is -4.98. The minimum absolute atomic E-state index is 0.219. The summed E-state index contributed by atoms with van der Waals surface area (Å²) in [5.41, 5.74) is 7.50. The Balaban J connectivity index is 1.47. The lowest BCUT2D eigenvalue weighted by atomic mass is 9.84.